The molecule has 0 saturated heterocycles. The van der Waals surface area contributed by atoms with Gasteiger partial charge in [0.15, 0.2) is 0 Å². The van der Waals surface area contributed by atoms with Gasteiger partial charge in [-0.25, -0.2) is 0 Å². The number of hydrogen-bond acceptors (Lipinski definition) is 0. The first-order valence-corrected chi connectivity index (χ1v) is 12.1. The van der Waals surface area contributed by atoms with Crippen LogP contribution in [0.15, 0.2) is 88.5 Å². The molecule has 162 valence electrons. The highest BCUT2D eigenvalue weighted by Gasteiger charge is 2.40. The van der Waals surface area contributed by atoms with E-state index in [0.29, 0.717) is 17.8 Å². The number of fused-ring (bicyclic) bond motifs is 2. The van der Waals surface area contributed by atoms with Gasteiger partial charge in [-0.2, -0.15) is 0 Å². The summed E-state index contributed by atoms with van der Waals surface area (Å²) in [5, 5.41) is 2.65. The number of rotatable bonds is 4. The van der Waals surface area contributed by atoms with E-state index in [2.05, 4.69) is 108 Å². The third-order valence-electron chi connectivity index (χ3n) is 8.04. The van der Waals surface area contributed by atoms with E-state index in [9.17, 15) is 0 Å². The molecular formula is C32H34. The predicted octanol–water partition coefficient (Wildman–Crippen LogP) is 9.34. The normalized spacial score (nSPS) is 20.5. The Labute approximate surface area is 193 Å². The lowest BCUT2D eigenvalue weighted by molar-refractivity contribution is 0.548. The molecular weight excluding hydrogens is 384 g/mol. The SMILES string of the molecule is CCC1=Cc2c(-c3cccc4ccccc34)cccc2C1C1C(C)=C(C)C(C)=C1C(C)C. The van der Waals surface area contributed by atoms with Gasteiger partial charge in [-0.1, -0.05) is 104 Å². The van der Waals surface area contributed by atoms with Crippen LogP contribution < -0.4 is 0 Å². The van der Waals surface area contributed by atoms with E-state index in [1.54, 1.807) is 16.7 Å². The molecule has 0 fully saturated rings. The molecule has 2 aliphatic rings. The molecule has 5 rings (SSSR count). The first-order chi connectivity index (χ1) is 15.4. The summed E-state index contributed by atoms with van der Waals surface area (Å²) >= 11 is 0. The van der Waals surface area contributed by atoms with Gasteiger partial charge in [0.2, 0.25) is 0 Å². The van der Waals surface area contributed by atoms with Gasteiger partial charge in [0.1, 0.15) is 0 Å². The molecule has 0 aliphatic heterocycles. The second-order valence-corrected chi connectivity index (χ2v) is 9.91. The molecule has 3 aromatic carbocycles. The Bertz CT molecular complexity index is 1300. The first-order valence-electron chi connectivity index (χ1n) is 12.1. The van der Waals surface area contributed by atoms with Crippen molar-refractivity contribution in [1.29, 1.82) is 0 Å². The van der Waals surface area contributed by atoms with Gasteiger partial charge in [-0.15, -0.1) is 0 Å². The van der Waals surface area contributed by atoms with Crippen LogP contribution >= 0.6 is 0 Å². The number of hydrogen-bond donors (Lipinski definition) is 0. The van der Waals surface area contributed by atoms with Gasteiger partial charge < -0.3 is 0 Å². The lowest BCUT2D eigenvalue weighted by Gasteiger charge is -2.30. The van der Waals surface area contributed by atoms with E-state index >= 15 is 0 Å². The van der Waals surface area contributed by atoms with E-state index in [4.69, 9.17) is 0 Å². The maximum Gasteiger partial charge on any atom is 0.0161 e. The van der Waals surface area contributed by atoms with Gasteiger partial charge in [0.05, 0.1) is 0 Å². The zero-order chi connectivity index (χ0) is 22.6. The third kappa shape index (κ3) is 3.04. The first kappa shape index (κ1) is 21.0. The van der Waals surface area contributed by atoms with Gasteiger partial charge in [0.25, 0.3) is 0 Å². The smallest absolute Gasteiger partial charge is 0.0161 e. The fraction of sp³-hybridized carbons (Fsp3) is 0.312. The molecule has 0 bridgehead atoms. The van der Waals surface area contributed by atoms with E-state index in [1.165, 1.54) is 44.2 Å². The van der Waals surface area contributed by atoms with Gasteiger partial charge in [-0.05, 0) is 77.3 Å². The Balaban J connectivity index is 1.72. The Morgan fingerprint density at radius 1 is 0.750 bits per heavy atom. The second kappa shape index (κ2) is 7.93. The highest BCUT2D eigenvalue weighted by Crippen LogP contribution is 2.55. The van der Waals surface area contributed by atoms with Crippen molar-refractivity contribution in [3.8, 4) is 11.1 Å². The molecule has 0 N–H and O–H groups in total. The largest absolute Gasteiger partial charge is 0.0620 e. The molecule has 2 unspecified atom stereocenters. The van der Waals surface area contributed by atoms with Crippen molar-refractivity contribution in [2.24, 2.45) is 11.8 Å². The van der Waals surface area contributed by atoms with Crippen molar-refractivity contribution < 1.29 is 0 Å². The zero-order valence-corrected chi connectivity index (χ0v) is 20.3. The maximum atomic E-state index is 2.52. The average Bonchev–Trinajstić information content (AvgIpc) is 3.28. The molecule has 0 radical (unpaired) electrons. The maximum absolute atomic E-state index is 2.52. The fourth-order valence-corrected chi connectivity index (χ4v) is 6.33. The Hall–Kier alpha value is -2.86. The van der Waals surface area contributed by atoms with Crippen molar-refractivity contribution in [2.45, 2.75) is 53.9 Å². The molecule has 32 heavy (non-hydrogen) atoms. The Morgan fingerprint density at radius 2 is 1.44 bits per heavy atom. The molecule has 3 aromatic rings. The van der Waals surface area contributed by atoms with Crippen LogP contribution in [0.3, 0.4) is 0 Å². The summed E-state index contributed by atoms with van der Waals surface area (Å²) in [5.74, 6) is 1.51. The van der Waals surface area contributed by atoms with E-state index in [1.807, 2.05) is 0 Å². The topological polar surface area (TPSA) is 0 Å². The summed E-state index contributed by atoms with van der Waals surface area (Å²) in [6, 6.07) is 22.5. The summed E-state index contributed by atoms with van der Waals surface area (Å²) < 4.78 is 0. The summed E-state index contributed by atoms with van der Waals surface area (Å²) in [5.41, 5.74) is 13.5. The highest BCUT2D eigenvalue weighted by atomic mass is 14.4. The minimum atomic E-state index is 0.453. The van der Waals surface area contributed by atoms with Crippen LogP contribution in [0.5, 0.6) is 0 Å². The minimum Gasteiger partial charge on any atom is -0.0620 e. The Kier molecular flexibility index (Phi) is 5.20. The molecule has 0 heterocycles. The molecule has 2 aliphatic carbocycles. The monoisotopic (exact) mass is 418 g/mol. The number of benzene rings is 3. The third-order valence-corrected chi connectivity index (χ3v) is 8.04. The van der Waals surface area contributed by atoms with E-state index in [0.717, 1.165) is 6.42 Å². The van der Waals surface area contributed by atoms with E-state index in [-0.39, 0.29) is 0 Å². The van der Waals surface area contributed by atoms with Crippen molar-refractivity contribution in [1.82, 2.24) is 0 Å². The van der Waals surface area contributed by atoms with Crippen molar-refractivity contribution in [3.63, 3.8) is 0 Å². The van der Waals surface area contributed by atoms with Crippen LogP contribution in [0, 0.1) is 11.8 Å². The molecule has 0 nitrogen and oxygen atoms in total. The summed E-state index contributed by atoms with van der Waals surface area (Å²) in [6.45, 7) is 14.1. The van der Waals surface area contributed by atoms with Gasteiger partial charge >= 0.3 is 0 Å². The summed E-state index contributed by atoms with van der Waals surface area (Å²) in [6.07, 6.45) is 3.62. The number of allylic oxidation sites excluding steroid dienone is 5. The highest BCUT2D eigenvalue weighted by molar-refractivity contribution is 5.99. The van der Waals surface area contributed by atoms with Crippen LogP contribution in [-0.4, -0.2) is 0 Å². The lowest BCUT2D eigenvalue weighted by atomic mass is 9.73. The molecule has 0 saturated carbocycles. The molecule has 0 spiro atoms. The van der Waals surface area contributed by atoms with Crippen molar-refractivity contribution in [2.75, 3.05) is 0 Å². The Morgan fingerprint density at radius 3 is 2.19 bits per heavy atom. The molecule has 2 atom stereocenters. The van der Waals surface area contributed by atoms with Crippen LogP contribution in [0.25, 0.3) is 28.0 Å². The summed E-state index contributed by atoms with van der Waals surface area (Å²) in [4.78, 5) is 0. The summed E-state index contributed by atoms with van der Waals surface area (Å²) in [7, 11) is 0. The molecule has 0 heteroatoms. The van der Waals surface area contributed by atoms with Crippen molar-refractivity contribution >= 4 is 16.8 Å². The molecule has 0 amide bonds. The van der Waals surface area contributed by atoms with Gasteiger partial charge in [0, 0.05) is 11.8 Å². The van der Waals surface area contributed by atoms with Gasteiger partial charge in [-0.3, -0.25) is 0 Å². The van der Waals surface area contributed by atoms with Crippen LogP contribution in [0.2, 0.25) is 0 Å². The van der Waals surface area contributed by atoms with Crippen LogP contribution in [0.1, 0.15) is 65.0 Å². The van der Waals surface area contributed by atoms with Crippen molar-refractivity contribution in [3.05, 3.63) is 99.7 Å². The standard InChI is InChI=1S/C32H34/c1-7-23-18-29-27(26-15-10-13-24-12-8-9-14-25(24)26)16-11-17-28(29)32(23)31-22(6)20(4)21(5)30(31)19(2)3/h8-19,31-32H,7H2,1-6H3. The van der Waals surface area contributed by atoms with Crippen LogP contribution in [-0.2, 0) is 0 Å². The second-order valence-electron chi connectivity index (χ2n) is 9.91. The lowest BCUT2D eigenvalue weighted by Crippen LogP contribution is -2.18. The average molecular weight is 419 g/mol. The zero-order valence-electron chi connectivity index (χ0n) is 20.3. The van der Waals surface area contributed by atoms with Crippen LogP contribution in [0.4, 0.5) is 0 Å². The molecule has 0 aromatic heterocycles. The quantitative estimate of drug-likeness (QED) is 0.396. The van der Waals surface area contributed by atoms with E-state index < -0.39 is 0 Å². The minimum absolute atomic E-state index is 0.453. The predicted molar refractivity (Wildman–Crippen MR) is 140 cm³/mol. The fourth-order valence-electron chi connectivity index (χ4n) is 6.33.